The van der Waals surface area contributed by atoms with E-state index in [1.807, 2.05) is 0 Å². The molecule has 3 aliphatic rings. The van der Waals surface area contributed by atoms with E-state index >= 15 is 0 Å². The van der Waals surface area contributed by atoms with E-state index in [4.69, 9.17) is 4.74 Å². The monoisotopic (exact) mass is 292 g/mol. The number of nitro groups is 1. The smallest absolute Gasteiger partial charge is 0.338 e. The molecule has 112 valence electrons. The second-order valence-corrected chi connectivity index (χ2v) is 5.33. The van der Waals surface area contributed by atoms with Crippen molar-refractivity contribution >= 4 is 17.3 Å². The number of non-ortho nitro benzene ring substituents is 1. The van der Waals surface area contributed by atoms with Gasteiger partial charge < -0.3 is 14.4 Å². The summed E-state index contributed by atoms with van der Waals surface area (Å²) >= 11 is 0. The van der Waals surface area contributed by atoms with E-state index in [2.05, 4.69) is 9.64 Å². The molecule has 0 aromatic heterocycles. The molecule has 0 amide bonds. The third kappa shape index (κ3) is 2.56. The molecule has 3 fully saturated rings. The first-order chi connectivity index (χ1) is 10.1. The molecule has 7 heteroatoms. The highest BCUT2D eigenvalue weighted by Gasteiger charge is 2.35. The average molecular weight is 292 g/mol. The number of esters is 1. The molecule has 3 aliphatic heterocycles. The minimum atomic E-state index is -0.571. The molecule has 7 nitrogen and oxygen atoms in total. The van der Waals surface area contributed by atoms with Gasteiger partial charge in [-0.05, 0) is 18.9 Å². The summed E-state index contributed by atoms with van der Waals surface area (Å²) in [6.07, 6.45) is 2.18. The van der Waals surface area contributed by atoms with E-state index < -0.39 is 10.9 Å². The first-order valence-corrected chi connectivity index (χ1v) is 6.84. The van der Waals surface area contributed by atoms with Crippen molar-refractivity contribution in [2.45, 2.75) is 25.0 Å². The topological polar surface area (TPSA) is 81.9 Å². The largest absolute Gasteiger partial charge is 0.465 e. The van der Waals surface area contributed by atoms with Crippen LogP contribution in [-0.2, 0) is 9.47 Å². The number of nitrogens with zero attached hydrogens (tertiary/aromatic N) is 2. The number of piperidine rings is 1. The van der Waals surface area contributed by atoms with Crippen molar-refractivity contribution in [2.24, 2.45) is 0 Å². The summed E-state index contributed by atoms with van der Waals surface area (Å²) in [6.45, 7) is 1.33. The van der Waals surface area contributed by atoms with Gasteiger partial charge in [-0.2, -0.15) is 0 Å². The van der Waals surface area contributed by atoms with E-state index in [-0.39, 0.29) is 23.4 Å². The van der Waals surface area contributed by atoms with Crippen LogP contribution in [-0.4, -0.2) is 43.3 Å². The third-order valence-electron chi connectivity index (χ3n) is 4.05. The number of carbonyl (C=O) groups is 1. The predicted octanol–water partition coefficient (Wildman–Crippen LogP) is 1.75. The number of nitro benzene ring substituents is 1. The van der Waals surface area contributed by atoms with Crippen LogP contribution in [0.2, 0.25) is 0 Å². The van der Waals surface area contributed by atoms with Crippen LogP contribution >= 0.6 is 0 Å². The molecule has 3 heterocycles. The fourth-order valence-electron chi connectivity index (χ4n) is 2.97. The summed E-state index contributed by atoms with van der Waals surface area (Å²) in [4.78, 5) is 24.4. The molecule has 2 bridgehead atoms. The zero-order valence-corrected chi connectivity index (χ0v) is 11.7. The van der Waals surface area contributed by atoms with Gasteiger partial charge in [0, 0.05) is 24.4 Å². The number of hydrogen-bond donors (Lipinski definition) is 0. The molecule has 2 unspecified atom stereocenters. The number of morpholine rings is 1. The summed E-state index contributed by atoms with van der Waals surface area (Å²) in [5, 5.41) is 11.1. The second-order valence-electron chi connectivity index (χ2n) is 5.33. The van der Waals surface area contributed by atoms with Crippen LogP contribution in [0.5, 0.6) is 0 Å². The summed E-state index contributed by atoms with van der Waals surface area (Å²) in [5.41, 5.74) is 0.780. The van der Waals surface area contributed by atoms with Gasteiger partial charge >= 0.3 is 5.97 Å². The molecule has 0 N–H and O–H groups in total. The normalized spacial score (nSPS) is 24.0. The molecule has 1 aromatic carbocycles. The number of benzene rings is 1. The number of carbonyl (C=O) groups excluding carboxylic acids is 1. The lowest BCUT2D eigenvalue weighted by atomic mass is 9.96. The second kappa shape index (κ2) is 5.33. The van der Waals surface area contributed by atoms with Crippen LogP contribution in [0, 0.1) is 10.1 Å². The number of hydrogen-bond acceptors (Lipinski definition) is 6. The van der Waals surface area contributed by atoms with Gasteiger partial charge in [-0.1, -0.05) is 0 Å². The Labute approximate surface area is 121 Å². The lowest BCUT2D eigenvalue weighted by Crippen LogP contribution is -2.54. The van der Waals surface area contributed by atoms with Crippen molar-refractivity contribution in [3.05, 3.63) is 33.9 Å². The van der Waals surface area contributed by atoms with Crippen molar-refractivity contribution in [1.29, 1.82) is 0 Å². The predicted molar refractivity (Wildman–Crippen MR) is 74.5 cm³/mol. The van der Waals surface area contributed by atoms with Crippen LogP contribution in [0.15, 0.2) is 18.2 Å². The van der Waals surface area contributed by atoms with Crippen molar-refractivity contribution in [2.75, 3.05) is 25.2 Å². The fraction of sp³-hybridized carbons (Fsp3) is 0.500. The van der Waals surface area contributed by atoms with Crippen molar-refractivity contribution in [3.63, 3.8) is 0 Å². The molecule has 0 saturated carbocycles. The molecule has 3 saturated heterocycles. The van der Waals surface area contributed by atoms with Gasteiger partial charge in [0.2, 0.25) is 0 Å². The Morgan fingerprint density at radius 3 is 2.76 bits per heavy atom. The molecule has 0 aliphatic carbocycles. The number of anilines is 1. The number of rotatable bonds is 3. The van der Waals surface area contributed by atoms with Crippen molar-refractivity contribution < 1.29 is 19.2 Å². The van der Waals surface area contributed by atoms with Gasteiger partial charge in [-0.25, -0.2) is 4.79 Å². The van der Waals surface area contributed by atoms with E-state index in [0.717, 1.165) is 12.8 Å². The maximum absolute atomic E-state index is 11.7. The zero-order chi connectivity index (χ0) is 15.0. The number of ether oxygens (including phenoxy) is 2. The van der Waals surface area contributed by atoms with Crippen LogP contribution in [0.25, 0.3) is 0 Å². The van der Waals surface area contributed by atoms with Crippen LogP contribution in [0.4, 0.5) is 11.4 Å². The Hall–Kier alpha value is -2.15. The molecular weight excluding hydrogens is 276 g/mol. The van der Waals surface area contributed by atoms with Gasteiger partial charge in [0.15, 0.2) is 0 Å². The molecule has 0 spiro atoms. The van der Waals surface area contributed by atoms with Gasteiger partial charge in [-0.3, -0.25) is 10.1 Å². The van der Waals surface area contributed by atoms with Crippen LogP contribution < -0.4 is 4.90 Å². The highest BCUT2D eigenvalue weighted by Crippen LogP contribution is 2.33. The van der Waals surface area contributed by atoms with E-state index in [1.54, 1.807) is 6.07 Å². The highest BCUT2D eigenvalue weighted by atomic mass is 16.6. The minimum Gasteiger partial charge on any atom is -0.465 e. The molecule has 2 atom stereocenters. The third-order valence-corrected chi connectivity index (χ3v) is 4.05. The molecule has 0 radical (unpaired) electrons. The Bertz CT molecular complexity index is 581. The summed E-state index contributed by atoms with van der Waals surface area (Å²) in [5.74, 6) is -0.571. The Kier molecular flexibility index (Phi) is 3.50. The highest BCUT2D eigenvalue weighted by molar-refractivity contribution is 5.91. The maximum Gasteiger partial charge on any atom is 0.338 e. The lowest BCUT2D eigenvalue weighted by molar-refractivity contribution is -0.384. The van der Waals surface area contributed by atoms with Gasteiger partial charge in [0.1, 0.15) is 0 Å². The summed E-state index contributed by atoms with van der Waals surface area (Å²) in [6, 6.07) is 4.61. The van der Waals surface area contributed by atoms with Gasteiger partial charge in [-0.15, -0.1) is 0 Å². The quantitative estimate of drug-likeness (QED) is 0.479. The van der Waals surface area contributed by atoms with Crippen LogP contribution in [0.3, 0.4) is 0 Å². The SMILES string of the molecule is COC(=O)c1cc(N2CC3CCC2CO3)cc([N+](=O)[O-])c1. The fourth-order valence-corrected chi connectivity index (χ4v) is 2.97. The van der Waals surface area contributed by atoms with Crippen molar-refractivity contribution in [1.82, 2.24) is 0 Å². The van der Waals surface area contributed by atoms with Gasteiger partial charge in [0.05, 0.1) is 36.3 Å². The first-order valence-electron chi connectivity index (χ1n) is 6.84. The molecule has 21 heavy (non-hydrogen) atoms. The Balaban J connectivity index is 1.99. The number of fused-ring (bicyclic) bond motifs is 3. The molecule has 1 aromatic rings. The molecule has 4 rings (SSSR count). The Morgan fingerprint density at radius 1 is 1.43 bits per heavy atom. The number of methoxy groups -OCH3 is 1. The van der Waals surface area contributed by atoms with Crippen molar-refractivity contribution in [3.8, 4) is 0 Å². The van der Waals surface area contributed by atoms with Crippen LogP contribution in [0.1, 0.15) is 23.2 Å². The standard InChI is InChI=1S/C14H16N2O5/c1-20-14(17)9-4-11(6-12(5-9)16(18)19)15-7-13-3-2-10(15)8-21-13/h4-6,10,13H,2-3,7-8H2,1H3. The van der Waals surface area contributed by atoms with Gasteiger partial charge in [0.25, 0.3) is 5.69 Å². The first kappa shape index (κ1) is 13.8. The lowest BCUT2D eigenvalue weighted by Gasteiger charge is -2.46. The zero-order valence-electron chi connectivity index (χ0n) is 11.7. The summed E-state index contributed by atoms with van der Waals surface area (Å²) < 4.78 is 10.3. The van der Waals surface area contributed by atoms with E-state index in [1.165, 1.54) is 19.2 Å². The Morgan fingerprint density at radius 2 is 2.24 bits per heavy atom. The van der Waals surface area contributed by atoms with E-state index in [9.17, 15) is 14.9 Å². The maximum atomic E-state index is 11.7. The molecular formula is C14H16N2O5. The summed E-state index contributed by atoms with van der Waals surface area (Å²) in [7, 11) is 1.26. The van der Waals surface area contributed by atoms with E-state index in [0.29, 0.717) is 18.8 Å². The minimum absolute atomic E-state index is 0.102. The average Bonchev–Trinajstić information content (AvgIpc) is 2.54.